The molecule has 0 spiro atoms. The van der Waals surface area contributed by atoms with Gasteiger partial charge in [0.2, 0.25) is 5.91 Å². The first-order valence-electron chi connectivity index (χ1n) is 9.18. The van der Waals surface area contributed by atoms with E-state index in [1.165, 1.54) is 22.0 Å². The van der Waals surface area contributed by atoms with Crippen LogP contribution in [0.15, 0.2) is 42.6 Å². The first kappa shape index (κ1) is 19.5. The number of amides is 1. The van der Waals surface area contributed by atoms with Gasteiger partial charge in [-0.3, -0.25) is 14.7 Å². The van der Waals surface area contributed by atoms with Gasteiger partial charge in [0.05, 0.1) is 11.7 Å². The highest BCUT2D eigenvalue weighted by Crippen LogP contribution is 2.29. The summed E-state index contributed by atoms with van der Waals surface area (Å²) in [6.45, 7) is 2.15. The molecule has 1 heterocycles. The summed E-state index contributed by atoms with van der Waals surface area (Å²) >= 11 is 0. The van der Waals surface area contributed by atoms with Gasteiger partial charge in [0.15, 0.2) is 0 Å². The minimum atomic E-state index is -0.343. The Kier molecular flexibility index (Phi) is 6.25. The molecular formula is C21H26N3O2P. The maximum absolute atomic E-state index is 11.6. The van der Waals surface area contributed by atoms with Crippen molar-refractivity contribution >= 4 is 31.4 Å². The monoisotopic (exact) mass is 383 g/mol. The highest BCUT2D eigenvalue weighted by atomic mass is 31.0. The van der Waals surface area contributed by atoms with Gasteiger partial charge in [-0.15, -0.1) is 9.24 Å². The number of aryl methyl sites for hydroxylation is 2. The number of nitrogens with one attached hydrogen (secondary N) is 1. The Morgan fingerprint density at radius 3 is 2.89 bits per heavy atom. The summed E-state index contributed by atoms with van der Waals surface area (Å²) in [5, 5.41) is 15.5. The van der Waals surface area contributed by atoms with Crippen molar-refractivity contribution < 1.29 is 10.0 Å². The zero-order valence-electron chi connectivity index (χ0n) is 15.8. The van der Waals surface area contributed by atoms with Gasteiger partial charge in [0, 0.05) is 18.9 Å². The Balaban J connectivity index is 1.83. The zero-order chi connectivity index (χ0) is 19.4. The fourth-order valence-corrected chi connectivity index (χ4v) is 3.85. The number of aromatic nitrogens is 2. The molecule has 0 bridgehead atoms. The lowest BCUT2D eigenvalue weighted by atomic mass is 9.87. The summed E-state index contributed by atoms with van der Waals surface area (Å²) in [4.78, 5) is 11.6. The van der Waals surface area contributed by atoms with E-state index in [1.54, 1.807) is 5.48 Å². The summed E-state index contributed by atoms with van der Waals surface area (Å²) in [5.41, 5.74) is 6.67. The quantitative estimate of drug-likeness (QED) is 0.373. The van der Waals surface area contributed by atoms with E-state index in [0.29, 0.717) is 12.8 Å². The minimum Gasteiger partial charge on any atom is -0.289 e. The van der Waals surface area contributed by atoms with Crippen LogP contribution in [0.4, 0.5) is 0 Å². The number of hydroxylamine groups is 1. The fourth-order valence-electron chi connectivity index (χ4n) is 3.56. The Labute approximate surface area is 161 Å². The molecule has 2 aromatic carbocycles. The second-order valence-electron chi connectivity index (χ2n) is 7.03. The average molecular weight is 383 g/mol. The molecule has 0 saturated heterocycles. The van der Waals surface area contributed by atoms with Gasteiger partial charge in [-0.2, -0.15) is 5.10 Å². The van der Waals surface area contributed by atoms with Crippen LogP contribution in [0.5, 0.6) is 0 Å². The summed E-state index contributed by atoms with van der Waals surface area (Å²) in [6.07, 6.45) is 4.74. The largest absolute Gasteiger partial charge is 0.289 e. The van der Waals surface area contributed by atoms with E-state index in [0.717, 1.165) is 23.7 Å². The number of hydrogen-bond acceptors (Lipinski definition) is 3. The van der Waals surface area contributed by atoms with E-state index < -0.39 is 0 Å². The van der Waals surface area contributed by atoms with Crippen molar-refractivity contribution in [3.05, 3.63) is 59.3 Å². The van der Waals surface area contributed by atoms with E-state index in [9.17, 15) is 4.79 Å². The molecule has 0 fully saturated rings. The lowest BCUT2D eigenvalue weighted by Gasteiger charge is -2.18. The second kappa shape index (κ2) is 8.64. The topological polar surface area (TPSA) is 67.2 Å². The normalized spacial score (nSPS) is 12.3. The Morgan fingerprint density at radius 2 is 2.11 bits per heavy atom. The third-order valence-electron chi connectivity index (χ3n) is 5.34. The summed E-state index contributed by atoms with van der Waals surface area (Å²) in [6, 6.07) is 12.7. The molecule has 5 nitrogen and oxygen atoms in total. The van der Waals surface area contributed by atoms with Crippen LogP contribution in [0.25, 0.3) is 10.9 Å². The molecule has 0 saturated carbocycles. The lowest BCUT2D eigenvalue weighted by Crippen LogP contribution is -2.19. The average Bonchev–Trinajstić information content (AvgIpc) is 3.05. The highest BCUT2D eigenvalue weighted by Gasteiger charge is 2.16. The third-order valence-corrected chi connectivity index (χ3v) is 5.96. The van der Waals surface area contributed by atoms with Gasteiger partial charge in [0.25, 0.3) is 0 Å². The van der Waals surface area contributed by atoms with Crippen molar-refractivity contribution in [3.8, 4) is 0 Å². The number of fused-ring (bicyclic) bond motifs is 1. The zero-order valence-corrected chi connectivity index (χ0v) is 16.9. The van der Waals surface area contributed by atoms with E-state index >= 15 is 0 Å². The molecule has 142 valence electrons. The van der Waals surface area contributed by atoms with Crippen molar-refractivity contribution in [3.63, 3.8) is 0 Å². The molecule has 3 aromatic rings. The van der Waals surface area contributed by atoms with E-state index in [4.69, 9.17) is 5.21 Å². The molecule has 1 aromatic heterocycles. The van der Waals surface area contributed by atoms with Crippen LogP contribution in [0, 0.1) is 6.92 Å². The number of nitrogens with zero attached hydrogens (tertiary/aromatic N) is 2. The first-order chi connectivity index (χ1) is 13.0. The van der Waals surface area contributed by atoms with Crippen molar-refractivity contribution in [1.29, 1.82) is 0 Å². The highest BCUT2D eigenvalue weighted by molar-refractivity contribution is 7.27. The van der Waals surface area contributed by atoms with Crippen LogP contribution in [0.2, 0.25) is 0 Å². The second-order valence-corrected chi connectivity index (χ2v) is 7.65. The van der Waals surface area contributed by atoms with Gasteiger partial charge < -0.3 is 0 Å². The van der Waals surface area contributed by atoms with Crippen molar-refractivity contribution in [2.45, 2.75) is 38.5 Å². The van der Waals surface area contributed by atoms with Crippen LogP contribution in [0.1, 0.15) is 41.9 Å². The molecule has 2 atom stereocenters. The molecule has 6 heteroatoms. The number of carbonyl (C=O) groups is 1. The van der Waals surface area contributed by atoms with Gasteiger partial charge >= 0.3 is 0 Å². The molecule has 2 unspecified atom stereocenters. The van der Waals surface area contributed by atoms with Gasteiger partial charge in [-0.25, -0.2) is 5.48 Å². The van der Waals surface area contributed by atoms with E-state index in [2.05, 4.69) is 57.7 Å². The maximum Gasteiger partial charge on any atom is 0.243 e. The van der Waals surface area contributed by atoms with Crippen LogP contribution in [0.3, 0.4) is 0 Å². The molecule has 3 rings (SSSR count). The van der Waals surface area contributed by atoms with Crippen LogP contribution in [-0.4, -0.2) is 20.9 Å². The van der Waals surface area contributed by atoms with Crippen LogP contribution < -0.4 is 10.8 Å². The van der Waals surface area contributed by atoms with E-state index in [-0.39, 0.29) is 11.8 Å². The van der Waals surface area contributed by atoms with Crippen LogP contribution >= 0.6 is 9.24 Å². The predicted molar refractivity (Wildman–Crippen MR) is 111 cm³/mol. The Hall–Kier alpha value is -2.23. The van der Waals surface area contributed by atoms with E-state index in [1.807, 2.05) is 17.9 Å². The number of hydrogen-bond donors (Lipinski definition) is 2. The first-order valence-corrected chi connectivity index (χ1v) is 9.76. The summed E-state index contributed by atoms with van der Waals surface area (Å²) in [5.74, 6) is -0.112. The fraction of sp³-hybridized carbons (Fsp3) is 0.333. The molecule has 1 amide bonds. The Morgan fingerprint density at radius 1 is 1.30 bits per heavy atom. The molecule has 0 aliphatic rings. The van der Waals surface area contributed by atoms with Crippen molar-refractivity contribution in [2.75, 3.05) is 0 Å². The minimum absolute atomic E-state index is 0.231. The molecule has 2 N–H and O–H groups in total. The molecule has 0 aliphatic heterocycles. The van der Waals surface area contributed by atoms with Crippen molar-refractivity contribution in [2.24, 2.45) is 7.05 Å². The smallest absolute Gasteiger partial charge is 0.243 e. The Bertz CT molecular complexity index is 952. The van der Waals surface area contributed by atoms with Gasteiger partial charge in [-0.1, -0.05) is 30.3 Å². The lowest BCUT2D eigenvalue weighted by molar-refractivity contribution is -0.129. The molecule has 27 heavy (non-hydrogen) atoms. The van der Waals surface area contributed by atoms with Gasteiger partial charge in [-0.05, 0) is 60.2 Å². The van der Waals surface area contributed by atoms with Gasteiger partial charge in [0.1, 0.15) is 0 Å². The van der Waals surface area contributed by atoms with Crippen molar-refractivity contribution in [1.82, 2.24) is 15.3 Å². The number of benzene rings is 2. The maximum atomic E-state index is 11.6. The molecule has 0 aliphatic carbocycles. The molecule has 0 radical (unpaired) electrons. The number of carbonyl (C=O) groups excluding carboxylic acids is 1. The third kappa shape index (κ3) is 4.55. The van der Waals surface area contributed by atoms with Crippen LogP contribution in [-0.2, 0) is 18.3 Å². The number of rotatable bonds is 7. The SMILES string of the molecule is Cc1c(P)cccc1CCC(CCC(=O)NO)c1ccc2cnn(C)c2c1. The summed E-state index contributed by atoms with van der Waals surface area (Å²) in [7, 11) is 4.72. The molecular weight excluding hydrogens is 357 g/mol. The summed E-state index contributed by atoms with van der Waals surface area (Å²) < 4.78 is 1.87. The predicted octanol–water partition coefficient (Wildman–Crippen LogP) is 3.38. The standard InChI is InChI=1S/C21H26N3O2P/c1-14-15(4-3-5-20(14)27)6-7-16(10-11-21(25)23-26)17-8-9-18-13-22-24(2)19(18)12-17/h3-5,8-9,12-13,16,26H,6-7,10-11,27H2,1-2H3,(H,23,25).